The zero-order valence-corrected chi connectivity index (χ0v) is 13.0. The van der Waals surface area contributed by atoms with Gasteiger partial charge in [-0.1, -0.05) is 6.07 Å². The molecule has 5 nitrogen and oxygen atoms in total. The first kappa shape index (κ1) is 15.1. The number of nitrogens with zero attached hydrogens (tertiary/aromatic N) is 1. The van der Waals surface area contributed by atoms with Crippen LogP contribution in [0.4, 0.5) is 0 Å². The van der Waals surface area contributed by atoms with E-state index < -0.39 is 10.0 Å². The van der Waals surface area contributed by atoms with Gasteiger partial charge in [-0.2, -0.15) is 0 Å². The molecular formula is C13H17N3O2S2. The van der Waals surface area contributed by atoms with Crippen molar-refractivity contribution in [1.29, 1.82) is 0 Å². The highest BCUT2D eigenvalue weighted by Crippen LogP contribution is 2.19. The summed E-state index contributed by atoms with van der Waals surface area (Å²) in [5.41, 5.74) is 1.58. The Morgan fingerprint density at radius 2 is 2.10 bits per heavy atom. The fourth-order valence-electron chi connectivity index (χ4n) is 1.72. The molecule has 0 bridgehead atoms. The number of thiophene rings is 1. The minimum atomic E-state index is -3.48. The lowest BCUT2D eigenvalue weighted by molar-refractivity contribution is 0.580. The Hall–Kier alpha value is -1.28. The van der Waals surface area contributed by atoms with Crippen LogP contribution < -0.4 is 10.0 Å². The molecule has 0 saturated carbocycles. The van der Waals surface area contributed by atoms with Gasteiger partial charge in [0.25, 0.3) is 0 Å². The quantitative estimate of drug-likeness (QED) is 0.851. The maximum atomic E-state index is 12.2. The van der Waals surface area contributed by atoms with Crippen LogP contribution in [0.15, 0.2) is 34.5 Å². The number of hydrogen-bond donors (Lipinski definition) is 2. The average Bonchev–Trinajstić information content (AvgIpc) is 2.87. The fraction of sp³-hybridized carbons (Fsp3) is 0.308. The second-order valence-electron chi connectivity index (χ2n) is 4.37. The fourth-order valence-corrected chi connectivity index (χ4v) is 4.00. The molecule has 0 atom stereocenters. The van der Waals surface area contributed by atoms with Crippen LogP contribution in [0.2, 0.25) is 0 Å². The van der Waals surface area contributed by atoms with Gasteiger partial charge >= 0.3 is 0 Å². The van der Waals surface area contributed by atoms with Crippen molar-refractivity contribution < 1.29 is 8.42 Å². The van der Waals surface area contributed by atoms with Gasteiger partial charge in [0.05, 0.1) is 17.1 Å². The molecule has 2 rings (SSSR count). The lowest BCUT2D eigenvalue weighted by Crippen LogP contribution is -2.23. The van der Waals surface area contributed by atoms with Gasteiger partial charge in [0.15, 0.2) is 0 Å². The molecule has 7 heteroatoms. The summed E-state index contributed by atoms with van der Waals surface area (Å²) < 4.78 is 26.9. The van der Waals surface area contributed by atoms with Crippen LogP contribution in [0.1, 0.15) is 16.3 Å². The summed E-state index contributed by atoms with van der Waals surface area (Å²) in [6, 6.07) is 7.23. The summed E-state index contributed by atoms with van der Waals surface area (Å²) in [7, 11) is -1.65. The molecule has 0 spiro atoms. The molecule has 0 aliphatic rings. The molecule has 20 heavy (non-hydrogen) atoms. The Morgan fingerprint density at radius 1 is 1.30 bits per heavy atom. The van der Waals surface area contributed by atoms with Crippen molar-refractivity contribution in [3.8, 4) is 0 Å². The first-order chi connectivity index (χ1) is 9.51. The van der Waals surface area contributed by atoms with E-state index in [1.54, 1.807) is 17.5 Å². The predicted molar refractivity (Wildman–Crippen MR) is 80.1 cm³/mol. The Bertz CT molecular complexity index is 680. The zero-order chi connectivity index (χ0) is 14.6. The average molecular weight is 311 g/mol. The number of sulfonamides is 1. The van der Waals surface area contributed by atoms with Crippen molar-refractivity contribution in [1.82, 2.24) is 15.0 Å². The Balaban J connectivity index is 2.06. The van der Waals surface area contributed by atoms with E-state index in [2.05, 4.69) is 15.0 Å². The third-order valence-corrected chi connectivity index (χ3v) is 5.15. The molecular weight excluding hydrogens is 294 g/mol. The zero-order valence-electron chi connectivity index (χ0n) is 11.4. The van der Waals surface area contributed by atoms with E-state index >= 15 is 0 Å². The van der Waals surface area contributed by atoms with E-state index in [9.17, 15) is 8.42 Å². The summed E-state index contributed by atoms with van der Waals surface area (Å²) in [4.78, 5) is 5.56. The van der Waals surface area contributed by atoms with Gasteiger partial charge in [-0.3, -0.25) is 4.98 Å². The lowest BCUT2D eigenvalue weighted by atomic mass is 10.3. The molecule has 0 radical (unpaired) electrons. The minimum absolute atomic E-state index is 0.196. The predicted octanol–water partition coefficient (Wildman–Crippen LogP) is 1.65. The van der Waals surface area contributed by atoms with E-state index in [1.165, 1.54) is 11.3 Å². The number of nitrogens with one attached hydrogen (secondary N) is 2. The Labute approximate surface area is 123 Å². The number of aryl methyl sites for hydroxylation is 1. The van der Waals surface area contributed by atoms with E-state index in [4.69, 9.17) is 0 Å². The summed E-state index contributed by atoms with van der Waals surface area (Å²) in [6.07, 6.45) is 0. The first-order valence-electron chi connectivity index (χ1n) is 6.15. The standard InChI is InChI=1S/C13H17N3O2S2/c1-10-4-3-5-11(16-10)7-15-20(17,18)13-6-12(8-14-2)19-9-13/h3-6,9,14-15H,7-8H2,1-2H3. The summed E-state index contributed by atoms with van der Waals surface area (Å²) in [6.45, 7) is 2.74. The van der Waals surface area contributed by atoms with Crippen LogP contribution in [0.5, 0.6) is 0 Å². The molecule has 0 aliphatic carbocycles. The highest BCUT2D eigenvalue weighted by Gasteiger charge is 2.16. The molecule has 0 amide bonds. The van der Waals surface area contributed by atoms with Crippen LogP contribution >= 0.6 is 11.3 Å². The maximum Gasteiger partial charge on any atom is 0.241 e. The molecule has 0 unspecified atom stereocenters. The molecule has 0 aliphatic heterocycles. The summed E-state index contributed by atoms with van der Waals surface area (Å²) in [5, 5.41) is 4.65. The Kier molecular flexibility index (Phi) is 4.87. The monoisotopic (exact) mass is 311 g/mol. The van der Waals surface area contributed by atoms with Crippen molar-refractivity contribution in [2.75, 3.05) is 7.05 Å². The first-order valence-corrected chi connectivity index (χ1v) is 8.52. The molecule has 2 heterocycles. The van der Waals surface area contributed by atoms with Gasteiger partial charge in [-0.05, 0) is 32.2 Å². The molecule has 0 saturated heterocycles. The molecule has 2 N–H and O–H groups in total. The highest BCUT2D eigenvalue weighted by atomic mass is 32.2. The second kappa shape index (κ2) is 6.45. The summed E-state index contributed by atoms with van der Waals surface area (Å²) in [5.74, 6) is 0. The molecule has 2 aromatic heterocycles. The molecule has 0 fully saturated rings. The van der Waals surface area contributed by atoms with E-state index in [-0.39, 0.29) is 6.54 Å². The van der Waals surface area contributed by atoms with Crippen molar-refractivity contribution >= 4 is 21.4 Å². The van der Waals surface area contributed by atoms with Crippen molar-refractivity contribution in [3.05, 3.63) is 45.9 Å². The van der Waals surface area contributed by atoms with E-state index in [1.807, 2.05) is 26.1 Å². The lowest BCUT2D eigenvalue weighted by Gasteiger charge is -2.05. The third-order valence-electron chi connectivity index (χ3n) is 2.68. The number of rotatable bonds is 6. The van der Waals surface area contributed by atoms with E-state index in [0.717, 1.165) is 10.6 Å². The number of hydrogen-bond acceptors (Lipinski definition) is 5. The van der Waals surface area contributed by atoms with Crippen LogP contribution in [0, 0.1) is 6.92 Å². The van der Waals surface area contributed by atoms with Crippen LogP contribution in [0.25, 0.3) is 0 Å². The topological polar surface area (TPSA) is 71.1 Å². The van der Waals surface area contributed by atoms with Crippen molar-refractivity contribution in [3.63, 3.8) is 0 Å². The van der Waals surface area contributed by atoms with Crippen LogP contribution in [-0.4, -0.2) is 20.4 Å². The van der Waals surface area contributed by atoms with Crippen molar-refractivity contribution in [2.24, 2.45) is 0 Å². The number of pyridine rings is 1. The van der Waals surface area contributed by atoms with Crippen LogP contribution in [-0.2, 0) is 23.1 Å². The number of aromatic nitrogens is 1. The normalized spacial score (nSPS) is 11.7. The second-order valence-corrected chi connectivity index (χ2v) is 7.14. The van der Waals surface area contributed by atoms with Crippen LogP contribution in [0.3, 0.4) is 0 Å². The maximum absolute atomic E-state index is 12.2. The minimum Gasteiger partial charge on any atom is -0.315 e. The largest absolute Gasteiger partial charge is 0.315 e. The van der Waals surface area contributed by atoms with Gasteiger partial charge in [0, 0.05) is 22.5 Å². The molecule has 2 aromatic rings. The van der Waals surface area contributed by atoms with Gasteiger partial charge in [0.2, 0.25) is 10.0 Å². The third kappa shape index (κ3) is 3.86. The van der Waals surface area contributed by atoms with Gasteiger partial charge in [0.1, 0.15) is 0 Å². The van der Waals surface area contributed by atoms with Gasteiger partial charge in [-0.15, -0.1) is 11.3 Å². The highest BCUT2D eigenvalue weighted by molar-refractivity contribution is 7.89. The smallest absolute Gasteiger partial charge is 0.241 e. The summed E-state index contributed by atoms with van der Waals surface area (Å²) >= 11 is 1.43. The molecule has 0 aromatic carbocycles. The van der Waals surface area contributed by atoms with Crippen molar-refractivity contribution in [2.45, 2.75) is 24.9 Å². The molecule has 108 valence electrons. The SMILES string of the molecule is CNCc1cc(S(=O)(=O)NCc2cccc(C)n2)cs1. The van der Waals surface area contributed by atoms with Gasteiger partial charge < -0.3 is 5.32 Å². The Morgan fingerprint density at radius 3 is 2.80 bits per heavy atom. The van der Waals surface area contributed by atoms with Gasteiger partial charge in [-0.25, -0.2) is 13.1 Å². The van der Waals surface area contributed by atoms with E-state index in [0.29, 0.717) is 17.1 Å².